The maximum absolute atomic E-state index is 6.75. The molecule has 0 saturated carbocycles. The second kappa shape index (κ2) is 67.4. The average Bonchev–Trinajstić information content (AvgIpc) is 0.808. The van der Waals surface area contributed by atoms with Crippen molar-refractivity contribution in [3.05, 3.63) is 54.6 Å². The molecule has 0 saturated heterocycles. The number of rotatable bonds is 77. The van der Waals surface area contributed by atoms with Gasteiger partial charge in [0.25, 0.3) is 0 Å². The van der Waals surface area contributed by atoms with Gasteiger partial charge in [0.15, 0.2) is 40.3 Å². The van der Waals surface area contributed by atoms with Crippen molar-refractivity contribution in [3.63, 3.8) is 0 Å². The van der Waals surface area contributed by atoms with Gasteiger partial charge >= 0.3 is 0 Å². The fourth-order valence-electron chi connectivity index (χ4n) is 14.0. The summed E-state index contributed by atoms with van der Waals surface area (Å²) in [7, 11) is 0. The van der Waals surface area contributed by atoms with Crippen molar-refractivity contribution >= 4 is 23.3 Å². The molecule has 4 rings (SSSR count). The Labute approximate surface area is 640 Å². The molecule has 11 heteroatoms. The first-order valence-electron chi connectivity index (χ1n) is 45.0. The number of nitrogens with one attached hydrogen (secondary N) is 2. The summed E-state index contributed by atoms with van der Waals surface area (Å²) in [5.74, 6) is 5.85. The Morgan fingerprint density at radius 1 is 0.202 bits per heavy atom. The number of benzene rings is 3. The SMILES string of the molecule is CCCCCCCCCCCCOc1ccc(Nc2nc(Nc3ccc(OCCCCCCCCCCCC)c(OCCCCCCCCCCCC)c3)nc(-c3ccc(OCCCCCCCCCCCC)c(OCCCCCCCCCCCC)c3)n2)cc1OCCCCCCCCCCCC. The Morgan fingerprint density at radius 2 is 0.394 bits per heavy atom. The van der Waals surface area contributed by atoms with Crippen molar-refractivity contribution in [3.8, 4) is 45.9 Å². The third-order valence-electron chi connectivity index (χ3n) is 20.8. The molecule has 0 spiro atoms. The smallest absolute Gasteiger partial charge is 0.232 e. The van der Waals surface area contributed by atoms with E-state index < -0.39 is 0 Å². The highest BCUT2D eigenvalue weighted by Crippen LogP contribution is 2.37. The lowest BCUT2D eigenvalue weighted by Crippen LogP contribution is -2.08. The van der Waals surface area contributed by atoms with Gasteiger partial charge in [-0.2, -0.15) is 15.0 Å². The highest BCUT2D eigenvalue weighted by atomic mass is 16.5. The fraction of sp³-hybridized carbons (Fsp3) is 0.774. The van der Waals surface area contributed by atoms with Crippen LogP contribution in [-0.4, -0.2) is 54.6 Å². The quantitative estimate of drug-likeness (QED) is 0.0412. The Bertz CT molecular complexity index is 2440. The van der Waals surface area contributed by atoms with Crippen LogP contribution in [0.4, 0.5) is 23.3 Å². The molecular formula is C93H161N5O6. The van der Waals surface area contributed by atoms with Crippen LogP contribution in [0.1, 0.15) is 427 Å². The van der Waals surface area contributed by atoms with Gasteiger partial charge in [-0.05, 0) is 81.0 Å². The van der Waals surface area contributed by atoms with E-state index >= 15 is 0 Å². The molecule has 0 aliphatic heterocycles. The minimum absolute atomic E-state index is 0.403. The summed E-state index contributed by atoms with van der Waals surface area (Å²) in [5.41, 5.74) is 2.43. The van der Waals surface area contributed by atoms with Crippen molar-refractivity contribution in [1.29, 1.82) is 0 Å². The van der Waals surface area contributed by atoms with Crippen LogP contribution in [0.5, 0.6) is 34.5 Å². The van der Waals surface area contributed by atoms with E-state index in [0.717, 1.165) is 109 Å². The van der Waals surface area contributed by atoms with Crippen LogP contribution >= 0.6 is 0 Å². The molecule has 0 aliphatic carbocycles. The first-order valence-corrected chi connectivity index (χ1v) is 45.0. The Hall–Kier alpha value is -4.93. The number of hydrogen-bond acceptors (Lipinski definition) is 11. The van der Waals surface area contributed by atoms with E-state index in [-0.39, 0.29) is 0 Å². The summed E-state index contributed by atoms with van der Waals surface area (Å²) in [4.78, 5) is 15.6. The number of aromatic nitrogens is 3. The van der Waals surface area contributed by atoms with Gasteiger partial charge in [0.05, 0.1) is 39.6 Å². The van der Waals surface area contributed by atoms with E-state index in [1.807, 2.05) is 0 Å². The monoisotopic (exact) mass is 1440 g/mol. The van der Waals surface area contributed by atoms with Crippen LogP contribution in [-0.2, 0) is 0 Å². The van der Waals surface area contributed by atoms with Gasteiger partial charge < -0.3 is 39.1 Å². The van der Waals surface area contributed by atoms with Crippen LogP contribution < -0.4 is 39.1 Å². The predicted octanol–water partition coefficient (Wildman–Crippen LogP) is 30.8. The molecule has 4 aromatic rings. The normalized spacial score (nSPS) is 11.4. The van der Waals surface area contributed by atoms with Gasteiger partial charge in [0.2, 0.25) is 11.9 Å². The molecule has 3 aromatic carbocycles. The summed E-state index contributed by atoms with van der Waals surface area (Å²) < 4.78 is 39.9. The standard InChI is InChI=1S/C93H161N5O6/c1-7-13-19-25-31-37-43-49-55-61-73-99-85-70-67-82(79-88(85)102-76-64-58-52-46-40-34-28-22-16-10-4)91-96-92(94-83-68-71-86(100-74-62-56-50-44-38-32-26-20-14-8-2)89(80-83)103-77-65-59-53-47-41-35-29-23-17-11-5)98-93(97-91)95-84-69-72-87(101-75-63-57-51-45-39-33-27-21-15-9-3)90(81-84)104-78-66-60-54-48-42-36-30-24-18-12-6/h67-72,79-81H,7-66,73-78H2,1-6H3,(H2,94,95,96,97,98). The molecular weight excluding hydrogens is 1280 g/mol. The third-order valence-corrected chi connectivity index (χ3v) is 20.8. The Balaban J connectivity index is 1.66. The van der Waals surface area contributed by atoms with Crippen molar-refractivity contribution < 1.29 is 28.4 Å². The molecule has 2 N–H and O–H groups in total. The van der Waals surface area contributed by atoms with Gasteiger partial charge in [-0.25, -0.2) is 0 Å². The van der Waals surface area contributed by atoms with Gasteiger partial charge in [-0.3, -0.25) is 0 Å². The van der Waals surface area contributed by atoms with Crippen LogP contribution in [0.3, 0.4) is 0 Å². The highest BCUT2D eigenvalue weighted by molar-refractivity contribution is 5.68. The molecule has 1 heterocycles. The second-order valence-electron chi connectivity index (χ2n) is 30.7. The van der Waals surface area contributed by atoms with E-state index in [2.05, 4.69) is 107 Å². The lowest BCUT2D eigenvalue weighted by Gasteiger charge is -2.17. The Kier molecular flexibility index (Phi) is 59.3. The first-order chi connectivity index (χ1) is 51.5. The zero-order valence-electron chi connectivity index (χ0n) is 68.7. The summed E-state index contributed by atoms with van der Waals surface area (Å²) in [6, 6.07) is 18.6. The molecule has 11 nitrogen and oxygen atoms in total. The topological polar surface area (TPSA) is 118 Å². The number of anilines is 4. The van der Waals surface area contributed by atoms with E-state index in [4.69, 9.17) is 43.4 Å². The van der Waals surface area contributed by atoms with Gasteiger partial charge in [-0.15, -0.1) is 0 Å². The predicted molar refractivity (Wildman–Crippen MR) is 449 cm³/mol. The van der Waals surface area contributed by atoms with Crippen LogP contribution in [0, 0.1) is 0 Å². The summed E-state index contributed by atoms with van der Waals surface area (Å²) in [6.07, 6.45) is 76.8. The largest absolute Gasteiger partial charge is 0.490 e. The zero-order valence-corrected chi connectivity index (χ0v) is 68.7. The van der Waals surface area contributed by atoms with Gasteiger partial charge in [-0.1, -0.05) is 388 Å². The molecule has 104 heavy (non-hydrogen) atoms. The molecule has 0 amide bonds. The molecule has 0 fully saturated rings. The molecule has 594 valence electrons. The third kappa shape index (κ3) is 48.4. The maximum atomic E-state index is 6.75. The maximum Gasteiger partial charge on any atom is 0.232 e. The van der Waals surface area contributed by atoms with E-state index in [1.54, 1.807) is 0 Å². The zero-order chi connectivity index (χ0) is 73.7. The molecule has 0 aliphatic rings. The Morgan fingerprint density at radius 3 is 0.625 bits per heavy atom. The minimum atomic E-state index is 0.403. The second-order valence-corrected chi connectivity index (χ2v) is 30.7. The molecule has 0 atom stereocenters. The first kappa shape index (κ1) is 91.5. The van der Waals surface area contributed by atoms with Gasteiger partial charge in [0.1, 0.15) is 0 Å². The van der Waals surface area contributed by atoms with Crippen LogP contribution in [0.2, 0.25) is 0 Å². The number of hydrogen-bond donors (Lipinski definition) is 2. The number of nitrogens with zero attached hydrogens (tertiary/aromatic N) is 3. The molecule has 1 aromatic heterocycles. The molecule has 0 radical (unpaired) electrons. The number of unbranched alkanes of at least 4 members (excludes halogenated alkanes) is 54. The highest BCUT2D eigenvalue weighted by Gasteiger charge is 2.18. The van der Waals surface area contributed by atoms with Gasteiger partial charge in [0, 0.05) is 29.1 Å². The van der Waals surface area contributed by atoms with Crippen molar-refractivity contribution in [1.82, 2.24) is 15.0 Å². The van der Waals surface area contributed by atoms with E-state index in [9.17, 15) is 0 Å². The van der Waals surface area contributed by atoms with E-state index in [0.29, 0.717) is 57.4 Å². The average molecular weight is 1450 g/mol. The fourth-order valence-corrected chi connectivity index (χ4v) is 14.0. The van der Waals surface area contributed by atoms with Crippen molar-refractivity contribution in [2.24, 2.45) is 0 Å². The summed E-state index contributed by atoms with van der Waals surface area (Å²) in [6.45, 7) is 17.6. The van der Waals surface area contributed by atoms with Crippen molar-refractivity contribution in [2.75, 3.05) is 50.3 Å². The summed E-state index contributed by atoms with van der Waals surface area (Å²) >= 11 is 0. The van der Waals surface area contributed by atoms with Crippen LogP contribution in [0.25, 0.3) is 11.4 Å². The molecule has 0 unspecified atom stereocenters. The summed E-state index contributed by atoms with van der Waals surface area (Å²) in [5, 5.41) is 7.26. The minimum Gasteiger partial charge on any atom is -0.490 e. The number of ether oxygens (including phenoxy) is 6. The van der Waals surface area contributed by atoms with E-state index in [1.165, 1.54) is 327 Å². The lowest BCUT2D eigenvalue weighted by molar-refractivity contribution is 0.258. The molecule has 0 bridgehead atoms. The van der Waals surface area contributed by atoms with Crippen LogP contribution in [0.15, 0.2) is 54.6 Å². The lowest BCUT2D eigenvalue weighted by atomic mass is 10.1. The van der Waals surface area contributed by atoms with Crippen molar-refractivity contribution in [2.45, 2.75) is 427 Å².